The minimum atomic E-state index is -1.02. The number of amidine groups is 1. The highest BCUT2D eigenvalue weighted by atomic mass is 32.2. The van der Waals surface area contributed by atoms with Gasteiger partial charge in [0.1, 0.15) is 11.5 Å². The lowest BCUT2D eigenvalue weighted by Crippen LogP contribution is -2.28. The largest absolute Gasteiger partial charge is 0.497 e. The number of benzene rings is 4. The van der Waals surface area contributed by atoms with Crippen LogP contribution in [0.3, 0.4) is 0 Å². The summed E-state index contributed by atoms with van der Waals surface area (Å²) < 4.78 is 11.1. The van der Waals surface area contributed by atoms with Crippen LogP contribution in [0.5, 0.6) is 11.5 Å². The Kier molecular flexibility index (Phi) is 9.18. The molecule has 0 atom stereocenters. The monoisotopic (exact) mass is 593 g/mol. The van der Waals surface area contributed by atoms with Crippen molar-refractivity contribution in [2.75, 3.05) is 19.0 Å². The number of ether oxygens (including phenoxy) is 2. The summed E-state index contributed by atoms with van der Waals surface area (Å²) >= 11 is 1.22. The van der Waals surface area contributed by atoms with Crippen LogP contribution in [0.2, 0.25) is 0 Å². The van der Waals surface area contributed by atoms with E-state index in [1.54, 1.807) is 84.8 Å². The molecular weight excluding hydrogens is 566 g/mol. The van der Waals surface area contributed by atoms with Gasteiger partial charge in [-0.25, -0.2) is 9.79 Å². The zero-order valence-electron chi connectivity index (χ0n) is 23.1. The topological polar surface area (TPSA) is 118 Å². The Hall–Kier alpha value is -5.35. The van der Waals surface area contributed by atoms with Crippen molar-refractivity contribution in [3.8, 4) is 11.5 Å². The fourth-order valence-electron chi connectivity index (χ4n) is 4.17. The van der Waals surface area contributed by atoms with Crippen molar-refractivity contribution < 1.29 is 29.0 Å². The van der Waals surface area contributed by atoms with E-state index in [4.69, 9.17) is 14.5 Å². The van der Waals surface area contributed by atoms with E-state index >= 15 is 0 Å². The van der Waals surface area contributed by atoms with Crippen LogP contribution >= 0.6 is 11.8 Å². The first-order valence-electron chi connectivity index (χ1n) is 13.2. The number of aliphatic imine (C=N–C) groups is 1. The molecule has 216 valence electrons. The average molecular weight is 594 g/mol. The van der Waals surface area contributed by atoms with Gasteiger partial charge in [-0.05, 0) is 78.0 Å². The lowest BCUT2D eigenvalue weighted by molar-refractivity contribution is -0.122. The smallest absolute Gasteiger partial charge is 0.335 e. The van der Waals surface area contributed by atoms with Crippen molar-refractivity contribution in [3.63, 3.8) is 0 Å². The molecule has 0 spiro atoms. The first-order valence-corrected chi connectivity index (χ1v) is 14.0. The highest BCUT2D eigenvalue weighted by molar-refractivity contribution is 8.18. The van der Waals surface area contributed by atoms with Gasteiger partial charge in [-0.3, -0.25) is 14.5 Å². The van der Waals surface area contributed by atoms with E-state index in [9.17, 15) is 19.5 Å². The summed E-state index contributed by atoms with van der Waals surface area (Å²) in [5.74, 6) is -0.470. The van der Waals surface area contributed by atoms with Crippen LogP contribution in [-0.4, -0.2) is 46.7 Å². The molecule has 9 nitrogen and oxygen atoms in total. The maximum atomic E-state index is 13.7. The fourth-order valence-corrected chi connectivity index (χ4v) is 5.16. The van der Waals surface area contributed by atoms with Gasteiger partial charge in [-0.15, -0.1) is 0 Å². The Balaban J connectivity index is 1.39. The van der Waals surface area contributed by atoms with Crippen LogP contribution in [0.1, 0.15) is 21.5 Å². The number of methoxy groups -OCH3 is 1. The highest BCUT2D eigenvalue weighted by Gasteiger charge is 2.34. The number of amides is 2. The fraction of sp³-hybridized carbons (Fsp3) is 0.0909. The molecule has 0 bridgehead atoms. The van der Waals surface area contributed by atoms with Crippen LogP contribution in [-0.2, 0) is 16.1 Å². The van der Waals surface area contributed by atoms with Crippen molar-refractivity contribution in [2.45, 2.75) is 6.54 Å². The van der Waals surface area contributed by atoms with E-state index < -0.39 is 5.97 Å². The molecule has 0 saturated carbocycles. The summed E-state index contributed by atoms with van der Waals surface area (Å²) in [5.41, 5.74) is 2.84. The number of carboxylic acids is 1. The molecule has 0 aliphatic carbocycles. The quantitative estimate of drug-likeness (QED) is 0.210. The van der Waals surface area contributed by atoms with Crippen LogP contribution in [0, 0.1) is 0 Å². The third kappa shape index (κ3) is 7.49. The zero-order valence-corrected chi connectivity index (χ0v) is 23.9. The molecule has 2 amide bonds. The number of hydrogen-bond donors (Lipinski definition) is 2. The van der Waals surface area contributed by atoms with Gasteiger partial charge in [0, 0.05) is 11.3 Å². The molecule has 4 aromatic carbocycles. The Morgan fingerprint density at radius 2 is 1.63 bits per heavy atom. The number of carbonyl (C=O) groups is 3. The second kappa shape index (κ2) is 13.5. The van der Waals surface area contributed by atoms with Crippen molar-refractivity contribution in [3.05, 3.63) is 125 Å². The third-order valence-corrected chi connectivity index (χ3v) is 7.36. The number of hydrogen-bond acceptors (Lipinski definition) is 7. The molecule has 0 unspecified atom stereocenters. The van der Waals surface area contributed by atoms with E-state index in [0.717, 1.165) is 5.56 Å². The molecule has 4 aromatic rings. The van der Waals surface area contributed by atoms with Gasteiger partial charge in [0.15, 0.2) is 11.8 Å². The van der Waals surface area contributed by atoms with Gasteiger partial charge in [0.25, 0.3) is 11.8 Å². The average Bonchev–Trinajstić information content (AvgIpc) is 3.30. The summed E-state index contributed by atoms with van der Waals surface area (Å²) in [4.78, 5) is 44.1. The first kappa shape index (κ1) is 29.2. The molecule has 0 aromatic heterocycles. The SMILES string of the molecule is COc1ccc(N=C2S/C(=C\c3ccccc3OCC(=O)Nc3ccccc3)C(=O)N2Cc2ccc(C(=O)O)cc2)cc1. The van der Waals surface area contributed by atoms with Crippen LogP contribution < -0.4 is 14.8 Å². The van der Waals surface area contributed by atoms with E-state index in [-0.39, 0.29) is 30.5 Å². The molecule has 5 rings (SSSR count). The number of aromatic carboxylic acids is 1. The van der Waals surface area contributed by atoms with Crippen molar-refractivity contribution >= 4 is 52.2 Å². The first-order chi connectivity index (χ1) is 20.9. The summed E-state index contributed by atoms with van der Waals surface area (Å²) in [6, 6.07) is 29.8. The molecule has 1 fully saturated rings. The maximum Gasteiger partial charge on any atom is 0.335 e. The lowest BCUT2D eigenvalue weighted by Gasteiger charge is -2.16. The minimum Gasteiger partial charge on any atom is -0.497 e. The summed E-state index contributed by atoms with van der Waals surface area (Å²) in [6.45, 7) is -0.0192. The van der Waals surface area contributed by atoms with Crippen LogP contribution in [0.4, 0.5) is 11.4 Å². The van der Waals surface area contributed by atoms with Crippen LogP contribution in [0.25, 0.3) is 6.08 Å². The molecule has 1 aliphatic rings. The number of rotatable bonds is 10. The zero-order chi connectivity index (χ0) is 30.2. The lowest BCUT2D eigenvalue weighted by atomic mass is 10.1. The van der Waals surface area contributed by atoms with Crippen LogP contribution in [0.15, 0.2) is 113 Å². The summed E-state index contributed by atoms with van der Waals surface area (Å²) in [5, 5.41) is 12.5. The van der Waals surface area contributed by atoms with Gasteiger partial charge in [-0.2, -0.15) is 0 Å². The predicted octanol–water partition coefficient (Wildman–Crippen LogP) is 6.22. The highest BCUT2D eigenvalue weighted by Crippen LogP contribution is 2.36. The van der Waals surface area contributed by atoms with Gasteiger partial charge in [0.05, 0.1) is 29.8 Å². The van der Waals surface area contributed by atoms with E-state index in [2.05, 4.69) is 5.32 Å². The van der Waals surface area contributed by atoms with Gasteiger partial charge in [-0.1, -0.05) is 48.5 Å². The standard InChI is InChI=1S/C33H27N3O6S/c1-41-27-17-15-26(16-18-27)35-33-36(20-22-11-13-23(14-12-22)32(39)40)31(38)29(43-33)19-24-7-5-6-10-28(24)42-21-30(37)34-25-8-3-2-4-9-25/h2-19H,20-21H2,1H3,(H,34,37)(H,39,40)/b29-19-,35-33?. The second-order valence-electron chi connectivity index (χ2n) is 9.34. The number of anilines is 1. The number of carboxylic acid groups (broad SMARTS) is 1. The predicted molar refractivity (Wildman–Crippen MR) is 167 cm³/mol. The van der Waals surface area contributed by atoms with Gasteiger partial charge < -0.3 is 19.9 Å². The maximum absolute atomic E-state index is 13.7. The van der Waals surface area contributed by atoms with Gasteiger partial charge >= 0.3 is 5.97 Å². The third-order valence-electron chi connectivity index (χ3n) is 6.35. The Labute approximate surface area is 252 Å². The molecular formula is C33H27N3O6S. The Morgan fingerprint density at radius 1 is 0.930 bits per heavy atom. The minimum absolute atomic E-state index is 0.160. The number of para-hydroxylation sites is 2. The number of nitrogens with one attached hydrogen (secondary N) is 1. The number of nitrogens with zero attached hydrogens (tertiary/aromatic N) is 2. The van der Waals surface area contributed by atoms with E-state index in [1.807, 2.05) is 24.3 Å². The molecule has 2 N–H and O–H groups in total. The molecule has 10 heteroatoms. The molecule has 1 saturated heterocycles. The Morgan fingerprint density at radius 3 is 2.33 bits per heavy atom. The number of thioether (sulfide) groups is 1. The van der Waals surface area contributed by atoms with Crippen molar-refractivity contribution in [1.82, 2.24) is 4.90 Å². The van der Waals surface area contributed by atoms with Gasteiger partial charge in [0.2, 0.25) is 0 Å². The van der Waals surface area contributed by atoms with Crippen molar-refractivity contribution in [1.29, 1.82) is 0 Å². The number of carbonyl (C=O) groups excluding carboxylic acids is 2. The second-order valence-corrected chi connectivity index (χ2v) is 10.3. The van der Waals surface area contributed by atoms with E-state index in [1.165, 1.54) is 23.9 Å². The molecule has 1 heterocycles. The summed E-state index contributed by atoms with van der Waals surface area (Å²) in [6.07, 6.45) is 1.72. The van der Waals surface area contributed by atoms with Crippen molar-refractivity contribution in [2.24, 2.45) is 4.99 Å². The van der Waals surface area contributed by atoms with E-state index in [0.29, 0.717) is 38.5 Å². The molecule has 43 heavy (non-hydrogen) atoms. The normalized spacial score (nSPS) is 14.6. The molecule has 0 radical (unpaired) electrons. The summed E-state index contributed by atoms with van der Waals surface area (Å²) in [7, 11) is 1.58. The molecule has 1 aliphatic heterocycles. The Bertz CT molecular complexity index is 1690.